The number of H-pyrrole nitrogens is 1. The highest BCUT2D eigenvalue weighted by atomic mass is 32.1. The van der Waals surface area contributed by atoms with Crippen molar-refractivity contribution in [1.29, 1.82) is 0 Å². The molecule has 0 bridgehead atoms. The number of fused-ring (bicyclic) bond motifs is 1. The Labute approximate surface area is 95.4 Å². The molecule has 78 valence electrons. The summed E-state index contributed by atoms with van der Waals surface area (Å²) in [6.07, 6.45) is 1.68. The zero-order valence-electron chi connectivity index (χ0n) is 8.31. The molecule has 1 N–H and O–H groups in total. The maximum Gasteiger partial charge on any atom is 0.264 e. The lowest BCUT2D eigenvalue weighted by Crippen LogP contribution is -2.05. The van der Waals surface area contributed by atoms with E-state index in [4.69, 9.17) is 0 Å². The van der Waals surface area contributed by atoms with Crippen molar-refractivity contribution in [3.63, 3.8) is 0 Å². The van der Waals surface area contributed by atoms with Crippen molar-refractivity contribution in [2.75, 3.05) is 0 Å². The average molecular weight is 228 g/mol. The molecule has 0 saturated heterocycles. The molecular formula is C12H8N2OS. The van der Waals surface area contributed by atoms with Crippen LogP contribution in [-0.2, 0) is 0 Å². The van der Waals surface area contributed by atoms with Gasteiger partial charge < -0.3 is 0 Å². The molecule has 0 saturated carbocycles. The lowest BCUT2D eigenvalue weighted by atomic mass is 10.1. The van der Waals surface area contributed by atoms with Crippen LogP contribution in [0.5, 0.6) is 0 Å². The highest BCUT2D eigenvalue weighted by Crippen LogP contribution is 2.31. The van der Waals surface area contributed by atoms with E-state index in [-0.39, 0.29) is 5.56 Å². The van der Waals surface area contributed by atoms with Crippen LogP contribution >= 0.6 is 11.3 Å². The summed E-state index contributed by atoms with van der Waals surface area (Å²) in [4.78, 5) is 11.2. The molecule has 0 amide bonds. The molecule has 16 heavy (non-hydrogen) atoms. The normalized spacial score (nSPS) is 10.8. The predicted molar refractivity (Wildman–Crippen MR) is 65.7 cm³/mol. The molecule has 0 unspecified atom stereocenters. The van der Waals surface area contributed by atoms with Gasteiger partial charge in [0.05, 0.1) is 6.20 Å². The maximum absolute atomic E-state index is 11.2. The third-order valence-electron chi connectivity index (χ3n) is 2.45. The predicted octanol–water partition coefficient (Wildman–Crippen LogP) is 2.65. The van der Waals surface area contributed by atoms with E-state index in [0.717, 1.165) is 11.1 Å². The van der Waals surface area contributed by atoms with Crippen molar-refractivity contribution >= 4 is 21.4 Å². The van der Waals surface area contributed by atoms with Crippen molar-refractivity contribution in [2.24, 2.45) is 0 Å². The zero-order chi connectivity index (χ0) is 11.0. The fraction of sp³-hybridized carbons (Fsp3) is 0. The summed E-state index contributed by atoms with van der Waals surface area (Å²) in [7, 11) is 0. The van der Waals surface area contributed by atoms with Crippen LogP contribution in [0, 0.1) is 0 Å². The highest BCUT2D eigenvalue weighted by molar-refractivity contribution is 7.17. The molecule has 1 aromatic carbocycles. The second kappa shape index (κ2) is 3.57. The minimum atomic E-state index is -0.175. The Morgan fingerprint density at radius 3 is 3.06 bits per heavy atom. The molecule has 0 aliphatic rings. The van der Waals surface area contributed by atoms with E-state index in [1.165, 1.54) is 10.1 Å². The molecule has 4 heteroatoms. The number of hydrogen-bond donors (Lipinski definition) is 1. The van der Waals surface area contributed by atoms with Gasteiger partial charge in [0.1, 0.15) is 0 Å². The summed E-state index contributed by atoms with van der Waals surface area (Å²) in [5, 5.41) is 9.45. The van der Waals surface area contributed by atoms with Crippen LogP contribution in [0.4, 0.5) is 0 Å². The Morgan fingerprint density at radius 2 is 2.19 bits per heavy atom. The largest absolute Gasteiger partial charge is 0.268 e. The van der Waals surface area contributed by atoms with Gasteiger partial charge in [-0.25, -0.2) is 5.10 Å². The number of thiophene rings is 1. The molecule has 3 aromatic rings. The second-order valence-corrected chi connectivity index (χ2v) is 4.39. The van der Waals surface area contributed by atoms with Gasteiger partial charge in [-0.3, -0.25) is 4.79 Å². The summed E-state index contributed by atoms with van der Waals surface area (Å²) in [6, 6.07) is 9.71. The summed E-state index contributed by atoms with van der Waals surface area (Å²) < 4.78 is 1.19. The first-order chi connectivity index (χ1) is 7.84. The first kappa shape index (κ1) is 9.30. The van der Waals surface area contributed by atoms with E-state index < -0.39 is 0 Å². The third kappa shape index (κ3) is 1.44. The van der Waals surface area contributed by atoms with Gasteiger partial charge in [-0.2, -0.15) is 5.10 Å². The molecular weight excluding hydrogens is 220 g/mol. The number of benzene rings is 1. The van der Waals surface area contributed by atoms with Crippen LogP contribution in [0.25, 0.3) is 21.2 Å². The Morgan fingerprint density at radius 1 is 1.25 bits per heavy atom. The topological polar surface area (TPSA) is 45.8 Å². The van der Waals surface area contributed by atoms with Gasteiger partial charge in [0.15, 0.2) is 0 Å². The third-order valence-corrected chi connectivity index (χ3v) is 3.42. The number of hydrogen-bond acceptors (Lipinski definition) is 3. The van der Waals surface area contributed by atoms with Gasteiger partial charge >= 0.3 is 0 Å². The molecule has 0 aliphatic heterocycles. The number of aromatic nitrogens is 2. The van der Waals surface area contributed by atoms with E-state index in [0.29, 0.717) is 0 Å². The minimum Gasteiger partial charge on any atom is -0.268 e. The Kier molecular flexibility index (Phi) is 2.08. The van der Waals surface area contributed by atoms with E-state index in [1.807, 2.05) is 12.1 Å². The van der Waals surface area contributed by atoms with E-state index in [2.05, 4.69) is 27.7 Å². The average Bonchev–Trinajstić information content (AvgIpc) is 2.76. The molecule has 0 radical (unpaired) electrons. The van der Waals surface area contributed by atoms with Crippen molar-refractivity contribution in [3.05, 3.63) is 52.3 Å². The molecule has 0 aliphatic carbocycles. The van der Waals surface area contributed by atoms with Crippen LogP contribution in [-0.4, -0.2) is 10.2 Å². The number of aromatic amines is 1. The van der Waals surface area contributed by atoms with Crippen molar-refractivity contribution in [3.8, 4) is 11.1 Å². The maximum atomic E-state index is 11.2. The fourth-order valence-corrected chi connectivity index (χ4v) is 2.68. The minimum absolute atomic E-state index is 0.175. The zero-order valence-corrected chi connectivity index (χ0v) is 9.12. The van der Waals surface area contributed by atoms with Gasteiger partial charge in [-0.1, -0.05) is 18.2 Å². The first-order valence-electron chi connectivity index (χ1n) is 4.86. The van der Waals surface area contributed by atoms with Gasteiger partial charge in [0, 0.05) is 21.9 Å². The van der Waals surface area contributed by atoms with Crippen LogP contribution in [0.2, 0.25) is 0 Å². The van der Waals surface area contributed by atoms with Gasteiger partial charge in [0.25, 0.3) is 5.56 Å². The molecule has 2 aromatic heterocycles. The van der Waals surface area contributed by atoms with Gasteiger partial charge in [0.2, 0.25) is 0 Å². The standard InChI is InChI=1S/C12H8N2OS/c15-11-6-9(7-13-14-11)10-3-1-2-8-4-5-16-12(8)10/h1-7H,(H,14,15). The number of nitrogens with zero attached hydrogens (tertiary/aromatic N) is 1. The lowest BCUT2D eigenvalue weighted by molar-refractivity contribution is 0.991. The Bertz CT molecular complexity index is 699. The summed E-state index contributed by atoms with van der Waals surface area (Å²) in [6.45, 7) is 0. The monoisotopic (exact) mass is 228 g/mol. The van der Waals surface area contributed by atoms with Crippen LogP contribution < -0.4 is 5.56 Å². The fourth-order valence-electron chi connectivity index (χ4n) is 1.74. The number of nitrogens with one attached hydrogen (secondary N) is 1. The van der Waals surface area contributed by atoms with Crippen LogP contribution in [0.1, 0.15) is 0 Å². The van der Waals surface area contributed by atoms with Gasteiger partial charge in [-0.15, -0.1) is 11.3 Å². The molecule has 0 fully saturated rings. The molecule has 0 atom stereocenters. The lowest BCUT2D eigenvalue weighted by Gasteiger charge is -2.01. The van der Waals surface area contributed by atoms with E-state index in [9.17, 15) is 4.79 Å². The quantitative estimate of drug-likeness (QED) is 0.696. The Balaban J connectivity index is 2.33. The number of rotatable bonds is 1. The van der Waals surface area contributed by atoms with Crippen molar-refractivity contribution in [1.82, 2.24) is 10.2 Å². The summed E-state index contributed by atoms with van der Waals surface area (Å²) in [5.74, 6) is 0. The molecule has 3 nitrogen and oxygen atoms in total. The highest BCUT2D eigenvalue weighted by Gasteiger charge is 2.05. The van der Waals surface area contributed by atoms with Crippen LogP contribution in [0.15, 0.2) is 46.7 Å². The molecule has 0 spiro atoms. The van der Waals surface area contributed by atoms with Gasteiger partial charge in [-0.05, 0) is 16.8 Å². The van der Waals surface area contributed by atoms with E-state index in [1.54, 1.807) is 23.6 Å². The Hall–Kier alpha value is -1.94. The van der Waals surface area contributed by atoms with Crippen LogP contribution in [0.3, 0.4) is 0 Å². The molecule has 2 heterocycles. The summed E-state index contributed by atoms with van der Waals surface area (Å²) in [5.41, 5.74) is 1.74. The SMILES string of the molecule is O=c1cc(-c2cccc3ccsc23)cn[nH]1. The van der Waals surface area contributed by atoms with E-state index >= 15 is 0 Å². The van der Waals surface area contributed by atoms with Crippen molar-refractivity contribution < 1.29 is 0 Å². The second-order valence-electron chi connectivity index (χ2n) is 3.48. The van der Waals surface area contributed by atoms with Crippen molar-refractivity contribution in [2.45, 2.75) is 0 Å². The molecule has 3 rings (SSSR count). The first-order valence-corrected chi connectivity index (χ1v) is 5.74. The summed E-state index contributed by atoms with van der Waals surface area (Å²) >= 11 is 1.67. The smallest absolute Gasteiger partial charge is 0.264 e.